The van der Waals surface area contributed by atoms with E-state index in [2.05, 4.69) is 23.7 Å². The predicted molar refractivity (Wildman–Crippen MR) is 69.8 cm³/mol. The summed E-state index contributed by atoms with van der Waals surface area (Å²) in [4.78, 5) is 18.6. The van der Waals surface area contributed by atoms with Gasteiger partial charge in [0.25, 0.3) is 5.56 Å². The molecule has 2 heterocycles. The number of anilines is 1. The van der Waals surface area contributed by atoms with Gasteiger partial charge in [-0.15, -0.1) is 0 Å². The van der Waals surface area contributed by atoms with Gasteiger partial charge in [0.15, 0.2) is 0 Å². The molecule has 0 bridgehead atoms. The van der Waals surface area contributed by atoms with E-state index in [9.17, 15) is 4.79 Å². The second kappa shape index (κ2) is 4.57. The molecule has 90 valence electrons. The molecular formula is C13H17N3O. The van der Waals surface area contributed by atoms with Crippen LogP contribution in [-0.2, 0) is 0 Å². The van der Waals surface area contributed by atoms with Crippen molar-refractivity contribution in [2.75, 3.05) is 18.0 Å². The van der Waals surface area contributed by atoms with Crippen LogP contribution in [-0.4, -0.2) is 22.5 Å². The summed E-state index contributed by atoms with van der Waals surface area (Å²) in [5.74, 6) is 0.759. The first kappa shape index (κ1) is 11.6. The van der Waals surface area contributed by atoms with Crippen molar-refractivity contribution in [3.05, 3.63) is 40.3 Å². The Morgan fingerprint density at radius 2 is 2.06 bits per heavy atom. The molecule has 2 aromatic rings. The third kappa shape index (κ3) is 2.02. The molecule has 0 aromatic carbocycles. The Hall–Kier alpha value is -1.84. The van der Waals surface area contributed by atoms with Crippen molar-refractivity contribution in [1.82, 2.24) is 9.38 Å². The molecule has 17 heavy (non-hydrogen) atoms. The summed E-state index contributed by atoms with van der Waals surface area (Å²) >= 11 is 0. The Labute approximate surface area is 101 Å². The number of aromatic nitrogens is 2. The molecule has 0 N–H and O–H groups in total. The van der Waals surface area contributed by atoms with Crippen LogP contribution in [0, 0.1) is 6.92 Å². The lowest BCUT2D eigenvalue weighted by Crippen LogP contribution is -2.26. The Morgan fingerprint density at radius 1 is 1.35 bits per heavy atom. The van der Waals surface area contributed by atoms with Gasteiger partial charge >= 0.3 is 0 Å². The Morgan fingerprint density at radius 3 is 2.71 bits per heavy atom. The van der Waals surface area contributed by atoms with E-state index in [1.165, 1.54) is 0 Å². The lowest BCUT2D eigenvalue weighted by Gasteiger charge is -2.19. The van der Waals surface area contributed by atoms with Crippen LogP contribution in [0.25, 0.3) is 5.65 Å². The van der Waals surface area contributed by atoms with Gasteiger partial charge in [-0.1, -0.05) is 6.07 Å². The molecule has 0 aliphatic carbocycles. The zero-order valence-corrected chi connectivity index (χ0v) is 10.5. The van der Waals surface area contributed by atoms with Gasteiger partial charge in [-0.05, 0) is 32.4 Å². The molecule has 0 atom stereocenters. The zero-order valence-electron chi connectivity index (χ0n) is 10.5. The Kier molecular flexibility index (Phi) is 3.13. The van der Waals surface area contributed by atoms with Gasteiger partial charge in [0.2, 0.25) is 0 Å². The average Bonchev–Trinajstić information content (AvgIpc) is 2.32. The van der Waals surface area contributed by atoms with E-state index in [1.54, 1.807) is 16.7 Å². The number of hydrogen-bond acceptors (Lipinski definition) is 3. The smallest absolute Gasteiger partial charge is 0.259 e. The number of aryl methyl sites for hydroxylation is 1. The summed E-state index contributed by atoms with van der Waals surface area (Å²) in [6, 6.07) is 5.43. The van der Waals surface area contributed by atoms with Crippen molar-refractivity contribution in [2.45, 2.75) is 20.8 Å². The highest BCUT2D eigenvalue weighted by Gasteiger charge is 2.08. The monoisotopic (exact) mass is 231 g/mol. The fourth-order valence-corrected chi connectivity index (χ4v) is 1.96. The highest BCUT2D eigenvalue weighted by atomic mass is 16.1. The number of pyridine rings is 1. The highest BCUT2D eigenvalue weighted by molar-refractivity contribution is 5.52. The molecular weight excluding hydrogens is 214 g/mol. The van der Waals surface area contributed by atoms with Crippen molar-refractivity contribution < 1.29 is 0 Å². The molecule has 0 spiro atoms. The van der Waals surface area contributed by atoms with E-state index < -0.39 is 0 Å². The molecule has 0 radical (unpaired) electrons. The normalized spacial score (nSPS) is 10.8. The second-order valence-electron chi connectivity index (χ2n) is 4.01. The SMILES string of the molecule is CCN(CC)c1cc(=O)n2cccc(C)c2n1. The largest absolute Gasteiger partial charge is 0.357 e. The van der Waals surface area contributed by atoms with Gasteiger partial charge in [0.05, 0.1) is 0 Å². The maximum Gasteiger partial charge on any atom is 0.259 e. The first-order chi connectivity index (χ1) is 8.17. The minimum absolute atomic E-state index is 0.0272. The van der Waals surface area contributed by atoms with Crippen LogP contribution in [0.3, 0.4) is 0 Å². The Bertz CT molecular complexity index is 585. The van der Waals surface area contributed by atoms with Crippen LogP contribution < -0.4 is 10.5 Å². The second-order valence-corrected chi connectivity index (χ2v) is 4.01. The standard InChI is InChI=1S/C13H17N3O/c1-4-15(5-2)11-9-12(17)16-8-6-7-10(3)13(16)14-11/h6-9H,4-5H2,1-3H3. The van der Waals surface area contributed by atoms with Crippen LogP contribution in [0.2, 0.25) is 0 Å². The molecule has 2 rings (SSSR count). The maximum atomic E-state index is 12.0. The van der Waals surface area contributed by atoms with E-state index in [0.717, 1.165) is 30.1 Å². The number of nitrogens with zero attached hydrogens (tertiary/aromatic N) is 3. The fourth-order valence-electron chi connectivity index (χ4n) is 1.96. The number of fused-ring (bicyclic) bond motifs is 1. The van der Waals surface area contributed by atoms with Gasteiger partial charge in [0, 0.05) is 25.4 Å². The van der Waals surface area contributed by atoms with E-state index in [0.29, 0.717) is 0 Å². The van der Waals surface area contributed by atoms with E-state index in [4.69, 9.17) is 0 Å². The molecule has 0 aliphatic heterocycles. The van der Waals surface area contributed by atoms with Crippen LogP contribution >= 0.6 is 0 Å². The summed E-state index contributed by atoms with van der Waals surface area (Å²) < 4.78 is 1.59. The summed E-state index contributed by atoms with van der Waals surface area (Å²) in [6.45, 7) is 7.79. The average molecular weight is 231 g/mol. The Balaban J connectivity index is 2.70. The van der Waals surface area contributed by atoms with E-state index >= 15 is 0 Å². The van der Waals surface area contributed by atoms with Crippen LogP contribution in [0.15, 0.2) is 29.2 Å². The molecule has 0 fully saturated rings. The van der Waals surface area contributed by atoms with Crippen molar-refractivity contribution >= 4 is 11.5 Å². The topological polar surface area (TPSA) is 37.6 Å². The van der Waals surface area contributed by atoms with Crippen LogP contribution in [0.4, 0.5) is 5.82 Å². The molecule has 0 amide bonds. The third-order valence-corrected chi connectivity index (χ3v) is 2.96. The van der Waals surface area contributed by atoms with Crippen molar-refractivity contribution in [1.29, 1.82) is 0 Å². The third-order valence-electron chi connectivity index (χ3n) is 2.96. The van der Waals surface area contributed by atoms with Crippen molar-refractivity contribution in [2.24, 2.45) is 0 Å². The van der Waals surface area contributed by atoms with Crippen LogP contribution in [0.5, 0.6) is 0 Å². The number of rotatable bonds is 3. The molecule has 0 saturated heterocycles. The molecule has 2 aromatic heterocycles. The summed E-state index contributed by atoms with van der Waals surface area (Å²) in [5.41, 5.74) is 1.72. The number of hydrogen-bond donors (Lipinski definition) is 0. The van der Waals surface area contributed by atoms with Crippen LogP contribution in [0.1, 0.15) is 19.4 Å². The van der Waals surface area contributed by atoms with Gasteiger partial charge in [-0.3, -0.25) is 9.20 Å². The summed E-state index contributed by atoms with van der Waals surface area (Å²) in [5, 5.41) is 0. The van der Waals surface area contributed by atoms with Gasteiger partial charge in [0.1, 0.15) is 11.5 Å². The van der Waals surface area contributed by atoms with Gasteiger partial charge < -0.3 is 4.90 Å². The zero-order chi connectivity index (χ0) is 12.4. The molecule has 0 saturated carbocycles. The minimum Gasteiger partial charge on any atom is -0.357 e. The summed E-state index contributed by atoms with van der Waals surface area (Å²) in [6.07, 6.45) is 1.75. The lowest BCUT2D eigenvalue weighted by molar-refractivity contribution is 0.839. The first-order valence-corrected chi connectivity index (χ1v) is 5.91. The minimum atomic E-state index is -0.0272. The highest BCUT2D eigenvalue weighted by Crippen LogP contribution is 2.11. The van der Waals surface area contributed by atoms with Crippen molar-refractivity contribution in [3.8, 4) is 0 Å². The first-order valence-electron chi connectivity index (χ1n) is 5.91. The molecule has 4 heteroatoms. The lowest BCUT2D eigenvalue weighted by atomic mass is 10.3. The van der Waals surface area contributed by atoms with Gasteiger partial charge in [-0.25, -0.2) is 4.98 Å². The quantitative estimate of drug-likeness (QED) is 0.809. The summed E-state index contributed by atoms with van der Waals surface area (Å²) in [7, 11) is 0. The van der Waals surface area contributed by atoms with Gasteiger partial charge in [-0.2, -0.15) is 0 Å². The molecule has 4 nitrogen and oxygen atoms in total. The maximum absolute atomic E-state index is 12.0. The molecule has 0 aliphatic rings. The predicted octanol–water partition coefficient (Wildman–Crippen LogP) is 1.85. The molecule has 0 unspecified atom stereocenters. The van der Waals surface area contributed by atoms with Crippen molar-refractivity contribution in [3.63, 3.8) is 0 Å². The van der Waals surface area contributed by atoms with E-state index in [1.807, 2.05) is 19.1 Å². The van der Waals surface area contributed by atoms with E-state index in [-0.39, 0.29) is 5.56 Å². The fraction of sp³-hybridized carbons (Fsp3) is 0.385.